The maximum Gasteiger partial charge on any atom is 0.319 e. The molecule has 0 aliphatic carbocycles. The second-order valence-electron chi connectivity index (χ2n) is 8.07. The summed E-state index contributed by atoms with van der Waals surface area (Å²) in [5, 5.41) is 5.95. The quantitative estimate of drug-likeness (QED) is 0.692. The van der Waals surface area contributed by atoms with E-state index in [0.717, 1.165) is 24.2 Å². The number of halogens is 2. The summed E-state index contributed by atoms with van der Waals surface area (Å²) in [7, 11) is 1.69. The molecule has 1 saturated heterocycles. The summed E-state index contributed by atoms with van der Waals surface area (Å²) in [6.45, 7) is 6.46. The largest absolute Gasteiger partial charge is 0.333 e. The number of carbonyl (C=O) groups is 2. The molecule has 2 N–H and O–H groups in total. The molecule has 1 aliphatic rings. The number of nitrogens with zero attached hydrogens (tertiary/aromatic N) is 2. The molecule has 0 bridgehead atoms. The van der Waals surface area contributed by atoms with Gasteiger partial charge < -0.3 is 15.5 Å². The van der Waals surface area contributed by atoms with Crippen LogP contribution >= 0.6 is 11.6 Å². The van der Waals surface area contributed by atoms with Crippen molar-refractivity contribution < 1.29 is 14.0 Å². The molecule has 166 valence electrons. The number of benzene rings is 2. The molecule has 8 heteroatoms. The van der Waals surface area contributed by atoms with Crippen LogP contribution in [0, 0.1) is 5.82 Å². The Morgan fingerprint density at radius 3 is 2.45 bits per heavy atom. The van der Waals surface area contributed by atoms with Crippen molar-refractivity contribution in [2.75, 3.05) is 23.8 Å². The molecular formula is C23H28ClFN4O2. The first-order valence-electron chi connectivity index (χ1n) is 10.3. The van der Waals surface area contributed by atoms with Gasteiger partial charge >= 0.3 is 6.03 Å². The molecule has 1 fully saturated rings. The van der Waals surface area contributed by atoms with E-state index in [9.17, 15) is 14.0 Å². The van der Waals surface area contributed by atoms with Gasteiger partial charge in [0.1, 0.15) is 5.82 Å². The Bertz CT molecular complexity index is 951. The Balaban J connectivity index is 1.71. The number of carbonyl (C=O) groups excluding carboxylic acids is 2. The van der Waals surface area contributed by atoms with Gasteiger partial charge in [0.25, 0.3) is 0 Å². The van der Waals surface area contributed by atoms with E-state index in [4.69, 9.17) is 11.6 Å². The average molecular weight is 447 g/mol. The highest BCUT2D eigenvalue weighted by Gasteiger charge is 2.37. The van der Waals surface area contributed by atoms with Crippen molar-refractivity contribution in [2.45, 2.75) is 45.3 Å². The van der Waals surface area contributed by atoms with Crippen molar-refractivity contribution in [1.82, 2.24) is 10.2 Å². The molecule has 2 atom stereocenters. The molecule has 3 amide bonds. The number of hydrogen-bond acceptors (Lipinski definition) is 3. The number of nitrogens with one attached hydrogen (secondary N) is 2. The number of likely N-dealkylation sites (tertiary alicyclic amines) is 1. The molecule has 3 rings (SSSR count). The summed E-state index contributed by atoms with van der Waals surface area (Å²) in [6, 6.07) is 11.4. The maximum absolute atomic E-state index is 14.1. The fourth-order valence-electron chi connectivity index (χ4n) is 3.95. The van der Waals surface area contributed by atoms with Crippen molar-refractivity contribution >= 4 is 34.9 Å². The number of hydrogen-bond donors (Lipinski definition) is 2. The zero-order chi connectivity index (χ0) is 22.7. The van der Waals surface area contributed by atoms with Gasteiger partial charge in [-0.1, -0.05) is 17.7 Å². The highest BCUT2D eigenvalue weighted by molar-refractivity contribution is 6.30. The van der Waals surface area contributed by atoms with Gasteiger partial charge in [-0.25, -0.2) is 9.18 Å². The molecule has 0 spiro atoms. The topological polar surface area (TPSA) is 64.7 Å². The molecule has 0 saturated carbocycles. The van der Waals surface area contributed by atoms with Gasteiger partial charge in [-0.2, -0.15) is 0 Å². The Kier molecular flexibility index (Phi) is 7.18. The highest BCUT2D eigenvalue weighted by atomic mass is 35.5. The SMILES string of the molecule is CC(=O)N(C)c1ccc(NC(=O)N[C@@H]2CCN(C(C)C)[C@H]2c2ccc(Cl)c(F)c2)cc1. The van der Waals surface area contributed by atoms with Gasteiger partial charge in [-0.15, -0.1) is 0 Å². The molecule has 1 aliphatic heterocycles. The third-order valence-electron chi connectivity index (χ3n) is 5.69. The first-order chi connectivity index (χ1) is 14.7. The van der Waals surface area contributed by atoms with Crippen LogP contribution in [0.4, 0.5) is 20.6 Å². The van der Waals surface area contributed by atoms with E-state index in [-0.39, 0.29) is 35.1 Å². The van der Waals surface area contributed by atoms with Crippen LogP contribution < -0.4 is 15.5 Å². The van der Waals surface area contributed by atoms with E-state index in [0.29, 0.717) is 5.69 Å². The maximum atomic E-state index is 14.1. The van der Waals surface area contributed by atoms with Crippen molar-refractivity contribution in [3.05, 3.63) is 58.9 Å². The Morgan fingerprint density at radius 2 is 1.87 bits per heavy atom. The lowest BCUT2D eigenvalue weighted by Gasteiger charge is -2.32. The van der Waals surface area contributed by atoms with Crippen molar-refractivity contribution in [3.8, 4) is 0 Å². The van der Waals surface area contributed by atoms with Crippen LogP contribution in [0.3, 0.4) is 0 Å². The van der Waals surface area contributed by atoms with Gasteiger partial charge in [-0.3, -0.25) is 9.69 Å². The Morgan fingerprint density at radius 1 is 1.19 bits per heavy atom. The molecular weight excluding hydrogens is 419 g/mol. The summed E-state index contributed by atoms with van der Waals surface area (Å²) >= 11 is 5.86. The van der Waals surface area contributed by atoms with E-state index < -0.39 is 5.82 Å². The minimum Gasteiger partial charge on any atom is -0.333 e. The van der Waals surface area contributed by atoms with E-state index in [1.165, 1.54) is 17.9 Å². The van der Waals surface area contributed by atoms with Crippen LogP contribution in [0.15, 0.2) is 42.5 Å². The second kappa shape index (κ2) is 9.66. The summed E-state index contributed by atoms with van der Waals surface area (Å²) in [5.74, 6) is -0.535. The molecule has 0 unspecified atom stereocenters. The van der Waals surface area contributed by atoms with Gasteiger partial charge in [0.15, 0.2) is 0 Å². The van der Waals surface area contributed by atoms with Crippen LogP contribution in [-0.4, -0.2) is 42.5 Å². The van der Waals surface area contributed by atoms with Crippen LogP contribution in [0.1, 0.15) is 38.8 Å². The van der Waals surface area contributed by atoms with Gasteiger partial charge in [0.05, 0.1) is 17.1 Å². The van der Waals surface area contributed by atoms with Gasteiger partial charge in [0, 0.05) is 37.9 Å². The zero-order valence-electron chi connectivity index (χ0n) is 18.2. The molecule has 31 heavy (non-hydrogen) atoms. The lowest BCUT2D eigenvalue weighted by Crippen LogP contribution is -2.43. The molecule has 0 aromatic heterocycles. The molecule has 1 heterocycles. The highest BCUT2D eigenvalue weighted by Crippen LogP contribution is 2.35. The van der Waals surface area contributed by atoms with Crippen LogP contribution in [0.25, 0.3) is 0 Å². The molecule has 2 aromatic carbocycles. The standard InChI is InChI=1S/C23H28ClFN4O2/c1-14(2)29-12-11-21(22(29)16-5-10-19(24)20(25)13-16)27-23(31)26-17-6-8-18(9-7-17)28(4)15(3)30/h5-10,13-14,21-22H,11-12H2,1-4H3,(H2,26,27,31)/t21-,22+/m1/s1. The normalized spacial score (nSPS) is 18.8. The molecule has 6 nitrogen and oxygen atoms in total. The number of amides is 3. The fourth-order valence-corrected chi connectivity index (χ4v) is 4.07. The second-order valence-corrected chi connectivity index (χ2v) is 8.48. The smallest absolute Gasteiger partial charge is 0.319 e. The predicted octanol–water partition coefficient (Wildman–Crippen LogP) is 4.81. The Hall–Kier alpha value is -2.64. The summed E-state index contributed by atoms with van der Waals surface area (Å²) in [5.41, 5.74) is 2.15. The summed E-state index contributed by atoms with van der Waals surface area (Å²) < 4.78 is 14.1. The van der Waals surface area contributed by atoms with Gasteiger partial charge in [0.2, 0.25) is 5.91 Å². The lowest BCUT2D eigenvalue weighted by atomic mass is 9.99. The van der Waals surface area contributed by atoms with E-state index in [1.54, 1.807) is 37.4 Å². The Labute approximate surface area is 187 Å². The lowest BCUT2D eigenvalue weighted by molar-refractivity contribution is -0.116. The van der Waals surface area contributed by atoms with Gasteiger partial charge in [-0.05, 0) is 62.2 Å². The predicted molar refractivity (Wildman–Crippen MR) is 122 cm³/mol. The number of urea groups is 1. The van der Waals surface area contributed by atoms with Crippen molar-refractivity contribution in [1.29, 1.82) is 0 Å². The molecule has 2 aromatic rings. The van der Waals surface area contributed by atoms with E-state index in [1.807, 2.05) is 6.07 Å². The number of anilines is 2. The minimum absolute atomic E-state index is 0.0703. The third kappa shape index (κ3) is 5.35. The van der Waals surface area contributed by atoms with Crippen molar-refractivity contribution in [3.63, 3.8) is 0 Å². The van der Waals surface area contributed by atoms with E-state index in [2.05, 4.69) is 29.4 Å². The number of rotatable bonds is 5. The zero-order valence-corrected chi connectivity index (χ0v) is 18.9. The first-order valence-corrected chi connectivity index (χ1v) is 10.7. The average Bonchev–Trinajstić information content (AvgIpc) is 3.13. The summed E-state index contributed by atoms with van der Waals surface area (Å²) in [6.07, 6.45) is 0.753. The van der Waals surface area contributed by atoms with Crippen LogP contribution in [-0.2, 0) is 4.79 Å². The van der Waals surface area contributed by atoms with Crippen LogP contribution in [0.5, 0.6) is 0 Å². The first kappa shape index (κ1) is 23.0. The minimum atomic E-state index is -0.464. The van der Waals surface area contributed by atoms with Crippen molar-refractivity contribution in [2.24, 2.45) is 0 Å². The van der Waals surface area contributed by atoms with E-state index >= 15 is 0 Å². The molecule has 0 radical (unpaired) electrons. The summed E-state index contributed by atoms with van der Waals surface area (Å²) in [4.78, 5) is 27.9. The monoisotopic (exact) mass is 446 g/mol. The third-order valence-corrected chi connectivity index (χ3v) is 5.99. The fraction of sp³-hybridized carbons (Fsp3) is 0.391. The van der Waals surface area contributed by atoms with Crippen LogP contribution in [0.2, 0.25) is 5.02 Å².